The number of hydrogen-bond acceptors (Lipinski definition) is 4. The van der Waals surface area contributed by atoms with Crippen molar-refractivity contribution in [2.24, 2.45) is 0 Å². The summed E-state index contributed by atoms with van der Waals surface area (Å²) in [5, 5.41) is 11.3. The highest BCUT2D eigenvalue weighted by atomic mass is 16.4. The summed E-state index contributed by atoms with van der Waals surface area (Å²) in [6.07, 6.45) is 3.24. The Hall–Kier alpha value is -2.63. The zero-order valence-electron chi connectivity index (χ0n) is 9.29. The van der Waals surface area contributed by atoms with Crippen LogP contribution in [0.2, 0.25) is 0 Å². The standard InChI is InChI=1S/C12H10N2O4/c15-11(9-1-2-10(18-9)12(16)17)14-7-8-3-5-13-6-4-8/h1-6H,7H2,(H,14,15)(H,16,17). The van der Waals surface area contributed by atoms with Gasteiger partial charge in [-0.25, -0.2) is 4.79 Å². The van der Waals surface area contributed by atoms with E-state index < -0.39 is 11.9 Å². The number of amides is 1. The molecule has 0 radical (unpaired) electrons. The van der Waals surface area contributed by atoms with E-state index in [4.69, 9.17) is 9.52 Å². The van der Waals surface area contributed by atoms with E-state index in [1.807, 2.05) is 0 Å². The third kappa shape index (κ3) is 2.73. The number of carbonyl (C=O) groups is 2. The van der Waals surface area contributed by atoms with Gasteiger partial charge in [-0.1, -0.05) is 0 Å². The summed E-state index contributed by atoms with van der Waals surface area (Å²) in [6.45, 7) is 0.324. The number of carbonyl (C=O) groups excluding carboxylic acids is 1. The van der Waals surface area contributed by atoms with Gasteiger partial charge in [0.25, 0.3) is 5.91 Å². The lowest BCUT2D eigenvalue weighted by Crippen LogP contribution is -2.22. The van der Waals surface area contributed by atoms with E-state index >= 15 is 0 Å². The van der Waals surface area contributed by atoms with Gasteiger partial charge in [0.15, 0.2) is 5.76 Å². The van der Waals surface area contributed by atoms with Crippen LogP contribution in [0.5, 0.6) is 0 Å². The molecular weight excluding hydrogens is 236 g/mol. The highest BCUT2D eigenvalue weighted by molar-refractivity contribution is 5.93. The number of aromatic carboxylic acids is 1. The fourth-order valence-corrected chi connectivity index (χ4v) is 1.34. The zero-order chi connectivity index (χ0) is 13.0. The van der Waals surface area contributed by atoms with Gasteiger partial charge in [0.05, 0.1) is 0 Å². The molecule has 0 aliphatic carbocycles. The third-order valence-electron chi connectivity index (χ3n) is 2.24. The number of aromatic nitrogens is 1. The Morgan fingerprint density at radius 2 is 1.83 bits per heavy atom. The molecule has 0 unspecified atom stereocenters. The lowest BCUT2D eigenvalue weighted by atomic mass is 10.2. The smallest absolute Gasteiger partial charge is 0.371 e. The summed E-state index contributed by atoms with van der Waals surface area (Å²) in [5.74, 6) is -1.95. The first-order chi connectivity index (χ1) is 8.66. The summed E-state index contributed by atoms with van der Waals surface area (Å²) in [4.78, 5) is 26.1. The predicted molar refractivity (Wildman–Crippen MR) is 61.1 cm³/mol. The summed E-state index contributed by atoms with van der Waals surface area (Å²) in [6, 6.07) is 6.10. The van der Waals surface area contributed by atoms with Crippen LogP contribution in [0.15, 0.2) is 41.1 Å². The van der Waals surface area contributed by atoms with Gasteiger partial charge in [-0.3, -0.25) is 9.78 Å². The van der Waals surface area contributed by atoms with Crippen molar-refractivity contribution in [1.29, 1.82) is 0 Å². The maximum atomic E-state index is 11.6. The zero-order valence-corrected chi connectivity index (χ0v) is 9.29. The third-order valence-corrected chi connectivity index (χ3v) is 2.24. The molecule has 0 aliphatic heterocycles. The Kier molecular flexibility index (Phi) is 3.38. The minimum Gasteiger partial charge on any atom is -0.475 e. The fraction of sp³-hybridized carbons (Fsp3) is 0.0833. The predicted octanol–water partition coefficient (Wildman–Crippen LogP) is 1.30. The van der Waals surface area contributed by atoms with Crippen LogP contribution in [-0.4, -0.2) is 22.0 Å². The number of carboxylic acids is 1. The lowest BCUT2D eigenvalue weighted by molar-refractivity contribution is 0.0659. The molecule has 0 fully saturated rings. The highest BCUT2D eigenvalue weighted by Crippen LogP contribution is 2.08. The van der Waals surface area contributed by atoms with Crippen LogP contribution >= 0.6 is 0 Å². The average molecular weight is 246 g/mol. The second kappa shape index (κ2) is 5.13. The second-order valence-electron chi connectivity index (χ2n) is 3.51. The van der Waals surface area contributed by atoms with E-state index in [1.165, 1.54) is 12.1 Å². The first kappa shape index (κ1) is 11.8. The Morgan fingerprint density at radius 3 is 2.44 bits per heavy atom. The van der Waals surface area contributed by atoms with Gasteiger partial charge in [0.2, 0.25) is 5.76 Å². The van der Waals surface area contributed by atoms with Crippen LogP contribution in [0.4, 0.5) is 0 Å². The maximum absolute atomic E-state index is 11.6. The van der Waals surface area contributed by atoms with E-state index in [0.717, 1.165) is 5.56 Å². The minimum absolute atomic E-state index is 0.0264. The Balaban J connectivity index is 1.97. The van der Waals surface area contributed by atoms with Gasteiger partial charge in [0.1, 0.15) is 0 Å². The van der Waals surface area contributed by atoms with E-state index in [9.17, 15) is 9.59 Å². The first-order valence-electron chi connectivity index (χ1n) is 5.17. The molecule has 18 heavy (non-hydrogen) atoms. The topological polar surface area (TPSA) is 92.4 Å². The molecule has 1 amide bonds. The first-order valence-corrected chi connectivity index (χ1v) is 5.17. The molecule has 0 saturated heterocycles. The number of pyridine rings is 1. The van der Waals surface area contributed by atoms with Crippen LogP contribution < -0.4 is 5.32 Å². The fourth-order valence-electron chi connectivity index (χ4n) is 1.34. The van der Waals surface area contributed by atoms with Gasteiger partial charge >= 0.3 is 5.97 Å². The number of nitrogens with one attached hydrogen (secondary N) is 1. The summed E-state index contributed by atoms with van der Waals surface area (Å²) < 4.78 is 4.87. The Bertz CT molecular complexity index is 562. The largest absolute Gasteiger partial charge is 0.475 e. The van der Waals surface area contributed by atoms with Crippen molar-refractivity contribution in [3.8, 4) is 0 Å². The van der Waals surface area contributed by atoms with Crippen LogP contribution in [0.3, 0.4) is 0 Å². The minimum atomic E-state index is -1.21. The SMILES string of the molecule is O=C(O)c1ccc(C(=O)NCc2ccncc2)o1. The van der Waals surface area contributed by atoms with Crippen LogP contribution in [0, 0.1) is 0 Å². The molecule has 0 aromatic carbocycles. The number of carboxylic acid groups (broad SMARTS) is 1. The van der Waals surface area contributed by atoms with Crippen molar-refractivity contribution in [2.75, 3.05) is 0 Å². The summed E-state index contributed by atoms with van der Waals surface area (Å²) in [5.41, 5.74) is 0.892. The Morgan fingerprint density at radius 1 is 1.17 bits per heavy atom. The summed E-state index contributed by atoms with van der Waals surface area (Å²) >= 11 is 0. The molecule has 0 bridgehead atoms. The number of furan rings is 1. The van der Waals surface area contributed by atoms with Crippen molar-refractivity contribution < 1.29 is 19.1 Å². The molecule has 6 nitrogen and oxygen atoms in total. The van der Waals surface area contributed by atoms with Gasteiger partial charge in [-0.05, 0) is 29.8 Å². The van der Waals surface area contributed by atoms with Crippen molar-refractivity contribution >= 4 is 11.9 Å². The Labute approximate surface area is 102 Å². The van der Waals surface area contributed by atoms with E-state index in [-0.39, 0.29) is 11.5 Å². The molecule has 2 rings (SSSR count). The van der Waals surface area contributed by atoms with Gasteiger partial charge in [-0.15, -0.1) is 0 Å². The van der Waals surface area contributed by atoms with Crippen molar-refractivity contribution in [3.05, 3.63) is 53.7 Å². The molecule has 0 aliphatic rings. The molecule has 6 heteroatoms. The molecule has 2 aromatic rings. The van der Waals surface area contributed by atoms with Crippen molar-refractivity contribution in [1.82, 2.24) is 10.3 Å². The molecule has 2 heterocycles. The molecule has 0 spiro atoms. The number of nitrogens with zero attached hydrogens (tertiary/aromatic N) is 1. The average Bonchev–Trinajstić information content (AvgIpc) is 2.87. The van der Waals surface area contributed by atoms with E-state index in [1.54, 1.807) is 24.5 Å². The lowest BCUT2D eigenvalue weighted by Gasteiger charge is -2.02. The monoisotopic (exact) mass is 246 g/mol. The van der Waals surface area contributed by atoms with E-state index in [2.05, 4.69) is 10.3 Å². The van der Waals surface area contributed by atoms with Crippen LogP contribution in [0.25, 0.3) is 0 Å². The molecule has 0 saturated carbocycles. The maximum Gasteiger partial charge on any atom is 0.371 e. The molecule has 92 valence electrons. The summed E-state index contributed by atoms with van der Waals surface area (Å²) in [7, 11) is 0. The van der Waals surface area contributed by atoms with Gasteiger partial charge < -0.3 is 14.8 Å². The normalized spacial score (nSPS) is 10.0. The number of hydrogen-bond donors (Lipinski definition) is 2. The van der Waals surface area contributed by atoms with Crippen LogP contribution in [-0.2, 0) is 6.54 Å². The van der Waals surface area contributed by atoms with Crippen molar-refractivity contribution in [2.45, 2.75) is 6.54 Å². The molecular formula is C12H10N2O4. The molecule has 0 atom stereocenters. The quantitative estimate of drug-likeness (QED) is 0.848. The van der Waals surface area contributed by atoms with Gasteiger partial charge in [0, 0.05) is 18.9 Å². The van der Waals surface area contributed by atoms with E-state index in [0.29, 0.717) is 6.54 Å². The van der Waals surface area contributed by atoms with Crippen LogP contribution in [0.1, 0.15) is 26.7 Å². The molecule has 2 N–H and O–H groups in total. The molecule has 2 aromatic heterocycles. The highest BCUT2D eigenvalue weighted by Gasteiger charge is 2.14. The second-order valence-corrected chi connectivity index (χ2v) is 3.51. The van der Waals surface area contributed by atoms with Crippen molar-refractivity contribution in [3.63, 3.8) is 0 Å². The van der Waals surface area contributed by atoms with Gasteiger partial charge in [-0.2, -0.15) is 0 Å². The number of rotatable bonds is 4.